The molecule has 132 valence electrons. The second kappa shape index (κ2) is 5.25. The molecule has 4 aliphatic carbocycles. The fraction of sp³-hybridized carbons (Fsp3) is 1.00. The van der Waals surface area contributed by atoms with Crippen LogP contribution < -0.4 is 0 Å². The van der Waals surface area contributed by atoms with Crippen LogP contribution in [0.4, 0.5) is 0 Å². The zero-order valence-corrected chi connectivity index (χ0v) is 16.5. The highest BCUT2D eigenvalue weighted by Crippen LogP contribution is 2.69. The van der Waals surface area contributed by atoms with Gasteiger partial charge >= 0.3 is 0 Å². The van der Waals surface area contributed by atoms with Crippen molar-refractivity contribution in [2.24, 2.45) is 45.8 Å². The lowest BCUT2D eigenvalue weighted by Gasteiger charge is -2.61. The van der Waals surface area contributed by atoms with Gasteiger partial charge in [-0.15, -0.1) is 0 Å². The Balaban J connectivity index is 1.63. The first-order chi connectivity index (χ1) is 10.8. The summed E-state index contributed by atoms with van der Waals surface area (Å²) >= 11 is 0. The van der Waals surface area contributed by atoms with Crippen molar-refractivity contribution in [3.8, 4) is 0 Å². The normalized spacial score (nSPS) is 53.3. The van der Waals surface area contributed by atoms with Crippen LogP contribution in [0.1, 0.15) is 98.8 Å². The first-order valence-corrected chi connectivity index (χ1v) is 10.8. The molecule has 4 saturated carbocycles. The molecule has 0 spiro atoms. The van der Waals surface area contributed by atoms with Gasteiger partial charge in [0.15, 0.2) is 0 Å². The predicted molar refractivity (Wildman–Crippen MR) is 99.3 cm³/mol. The second-order valence-corrected chi connectivity index (χ2v) is 11.4. The molecule has 0 aromatic rings. The average Bonchev–Trinajstić information content (AvgIpc) is 2.84. The van der Waals surface area contributed by atoms with E-state index in [-0.39, 0.29) is 0 Å². The molecule has 0 aromatic carbocycles. The van der Waals surface area contributed by atoms with E-state index >= 15 is 0 Å². The minimum Gasteiger partial charge on any atom is -0.0599 e. The molecule has 0 saturated heterocycles. The molecule has 2 unspecified atom stereocenters. The molecule has 7 atom stereocenters. The van der Waals surface area contributed by atoms with Crippen molar-refractivity contribution in [3.05, 3.63) is 0 Å². The Morgan fingerprint density at radius 1 is 0.696 bits per heavy atom. The summed E-state index contributed by atoms with van der Waals surface area (Å²) < 4.78 is 0. The fourth-order valence-corrected chi connectivity index (χ4v) is 8.72. The average molecular weight is 317 g/mol. The van der Waals surface area contributed by atoms with E-state index in [1.807, 2.05) is 0 Å². The van der Waals surface area contributed by atoms with Crippen LogP contribution in [0.5, 0.6) is 0 Å². The summed E-state index contributed by atoms with van der Waals surface area (Å²) in [6.45, 7) is 12.9. The number of rotatable bonds is 0. The number of hydrogen-bond donors (Lipinski definition) is 0. The molecule has 0 amide bonds. The summed E-state index contributed by atoms with van der Waals surface area (Å²) in [5.74, 6) is 5.21. The van der Waals surface area contributed by atoms with E-state index in [9.17, 15) is 0 Å². The summed E-state index contributed by atoms with van der Waals surface area (Å²) in [5.41, 5.74) is 1.86. The van der Waals surface area contributed by atoms with Crippen LogP contribution in [0.3, 0.4) is 0 Å². The van der Waals surface area contributed by atoms with Crippen LogP contribution in [0, 0.1) is 45.8 Å². The Hall–Kier alpha value is 0. The third-order valence-corrected chi connectivity index (χ3v) is 9.63. The van der Waals surface area contributed by atoms with E-state index in [4.69, 9.17) is 0 Å². The standard InChI is InChI=1S/C23H40/c1-21(2,3)20-12-11-18-17-10-9-16-8-6-7-14-22(16,4)19(17)13-15-23(18,20)5/h16-20H,6-15H2,1-5H3/t16?,17-,18-,19+,20?,22-,23-/m0/s1. The zero-order chi connectivity index (χ0) is 16.5. The Morgan fingerprint density at radius 3 is 2.17 bits per heavy atom. The second-order valence-electron chi connectivity index (χ2n) is 11.4. The van der Waals surface area contributed by atoms with Gasteiger partial charge in [-0.1, -0.05) is 47.5 Å². The van der Waals surface area contributed by atoms with Crippen molar-refractivity contribution in [3.63, 3.8) is 0 Å². The van der Waals surface area contributed by atoms with Crippen LogP contribution in [0.15, 0.2) is 0 Å². The Morgan fingerprint density at radius 2 is 1.43 bits per heavy atom. The van der Waals surface area contributed by atoms with E-state index in [0.29, 0.717) is 16.2 Å². The Bertz CT molecular complexity index is 457. The molecular weight excluding hydrogens is 276 g/mol. The molecular formula is C23H40. The molecule has 0 N–H and O–H groups in total. The molecule has 0 aromatic heterocycles. The van der Waals surface area contributed by atoms with Gasteiger partial charge < -0.3 is 0 Å². The van der Waals surface area contributed by atoms with Crippen molar-refractivity contribution < 1.29 is 0 Å². The van der Waals surface area contributed by atoms with Gasteiger partial charge in [0.25, 0.3) is 0 Å². The van der Waals surface area contributed by atoms with Crippen LogP contribution in [-0.4, -0.2) is 0 Å². The molecule has 4 rings (SSSR count). The highest BCUT2D eigenvalue weighted by Gasteiger charge is 2.60. The number of fused-ring (bicyclic) bond motifs is 5. The molecule has 23 heavy (non-hydrogen) atoms. The van der Waals surface area contributed by atoms with Gasteiger partial charge in [0.05, 0.1) is 0 Å². The lowest BCUT2D eigenvalue weighted by Crippen LogP contribution is -2.53. The summed E-state index contributed by atoms with van der Waals surface area (Å²) in [6.07, 6.45) is 15.4. The SMILES string of the molecule is CC(C)(C)C1CC[C@H]2[C@@H]3CCC4CCCC[C@]4(C)[C@@H]3CC[C@]12C. The van der Waals surface area contributed by atoms with E-state index < -0.39 is 0 Å². The molecule has 0 aliphatic heterocycles. The fourth-order valence-electron chi connectivity index (χ4n) is 8.72. The van der Waals surface area contributed by atoms with Gasteiger partial charge in [-0.25, -0.2) is 0 Å². The van der Waals surface area contributed by atoms with Crippen molar-refractivity contribution in [2.75, 3.05) is 0 Å². The van der Waals surface area contributed by atoms with Crippen molar-refractivity contribution in [1.29, 1.82) is 0 Å². The Labute approximate surface area is 145 Å². The summed E-state index contributed by atoms with van der Waals surface area (Å²) in [5, 5.41) is 0. The first kappa shape index (κ1) is 16.5. The third kappa shape index (κ3) is 2.29. The lowest BCUT2D eigenvalue weighted by molar-refractivity contribution is -0.118. The molecule has 0 radical (unpaired) electrons. The van der Waals surface area contributed by atoms with Gasteiger partial charge in [0, 0.05) is 0 Å². The largest absolute Gasteiger partial charge is 0.0599 e. The summed E-state index contributed by atoms with van der Waals surface area (Å²) in [4.78, 5) is 0. The van der Waals surface area contributed by atoms with Crippen LogP contribution in [-0.2, 0) is 0 Å². The topological polar surface area (TPSA) is 0 Å². The van der Waals surface area contributed by atoms with E-state index in [0.717, 1.165) is 29.6 Å². The molecule has 4 aliphatic rings. The van der Waals surface area contributed by atoms with Gasteiger partial charge in [-0.2, -0.15) is 0 Å². The van der Waals surface area contributed by atoms with E-state index in [1.165, 1.54) is 25.7 Å². The van der Waals surface area contributed by atoms with Gasteiger partial charge in [-0.05, 0) is 97.2 Å². The molecule has 0 nitrogen and oxygen atoms in total. The third-order valence-electron chi connectivity index (χ3n) is 9.63. The predicted octanol–water partition coefficient (Wildman–Crippen LogP) is 7.08. The van der Waals surface area contributed by atoms with Crippen LogP contribution >= 0.6 is 0 Å². The highest BCUT2D eigenvalue weighted by molar-refractivity contribution is 5.10. The highest BCUT2D eigenvalue weighted by atomic mass is 14.7. The van der Waals surface area contributed by atoms with Crippen LogP contribution in [0.2, 0.25) is 0 Å². The quantitative estimate of drug-likeness (QED) is 0.448. The maximum atomic E-state index is 2.71. The summed E-state index contributed by atoms with van der Waals surface area (Å²) in [6, 6.07) is 0. The maximum Gasteiger partial charge on any atom is -0.0261 e. The minimum atomic E-state index is 0.502. The molecule has 0 bridgehead atoms. The first-order valence-electron chi connectivity index (χ1n) is 10.8. The van der Waals surface area contributed by atoms with Gasteiger partial charge in [0.1, 0.15) is 0 Å². The van der Waals surface area contributed by atoms with Gasteiger partial charge in [0.2, 0.25) is 0 Å². The Kier molecular flexibility index (Phi) is 3.76. The molecule has 0 heterocycles. The van der Waals surface area contributed by atoms with Crippen molar-refractivity contribution >= 4 is 0 Å². The smallest absolute Gasteiger partial charge is 0.0261 e. The zero-order valence-electron chi connectivity index (χ0n) is 16.5. The van der Waals surface area contributed by atoms with Crippen molar-refractivity contribution in [1.82, 2.24) is 0 Å². The van der Waals surface area contributed by atoms with Crippen LogP contribution in [0.25, 0.3) is 0 Å². The van der Waals surface area contributed by atoms with Crippen molar-refractivity contribution in [2.45, 2.75) is 98.8 Å². The molecule has 4 fully saturated rings. The summed E-state index contributed by atoms with van der Waals surface area (Å²) in [7, 11) is 0. The van der Waals surface area contributed by atoms with E-state index in [2.05, 4.69) is 34.6 Å². The minimum absolute atomic E-state index is 0.502. The monoisotopic (exact) mass is 316 g/mol. The maximum absolute atomic E-state index is 2.71. The van der Waals surface area contributed by atoms with E-state index in [1.54, 1.807) is 38.5 Å². The van der Waals surface area contributed by atoms with Gasteiger partial charge in [-0.3, -0.25) is 0 Å². The molecule has 0 heteroatoms. The lowest BCUT2D eigenvalue weighted by atomic mass is 9.44. The number of hydrogen-bond acceptors (Lipinski definition) is 0.